The van der Waals surface area contributed by atoms with E-state index in [0.29, 0.717) is 51.7 Å². The number of piperazine rings is 1. The van der Waals surface area contributed by atoms with Crippen LogP contribution in [0.15, 0.2) is 0 Å². The lowest BCUT2D eigenvalue weighted by Gasteiger charge is -2.38. The van der Waals surface area contributed by atoms with E-state index >= 15 is 0 Å². The third-order valence-corrected chi connectivity index (χ3v) is 5.90. The molecule has 0 amide bonds. The summed E-state index contributed by atoms with van der Waals surface area (Å²) in [5.74, 6) is 0.448. The zero-order chi connectivity index (χ0) is 13.9. The van der Waals surface area contributed by atoms with Crippen LogP contribution in [-0.2, 0) is 10.2 Å². The van der Waals surface area contributed by atoms with Crippen molar-refractivity contribution in [3.63, 3.8) is 0 Å². The average Bonchev–Trinajstić information content (AvgIpc) is 2.40. The first-order valence-corrected chi connectivity index (χ1v) is 8.28. The summed E-state index contributed by atoms with van der Waals surface area (Å²) in [5.41, 5.74) is 0. The fourth-order valence-corrected chi connectivity index (χ4v) is 4.49. The van der Waals surface area contributed by atoms with Gasteiger partial charge in [-0.2, -0.15) is 22.3 Å². The summed E-state index contributed by atoms with van der Waals surface area (Å²) >= 11 is 0. The number of piperidine rings is 1. The predicted molar refractivity (Wildman–Crippen MR) is 72.5 cm³/mol. The van der Waals surface area contributed by atoms with Crippen LogP contribution >= 0.6 is 0 Å². The van der Waals surface area contributed by atoms with E-state index in [9.17, 15) is 8.42 Å². The smallest absolute Gasteiger partial charge is 0.282 e. The van der Waals surface area contributed by atoms with E-state index < -0.39 is 10.2 Å². The fourth-order valence-electron chi connectivity index (χ4n) is 2.74. The molecule has 0 saturated carbocycles. The third-order valence-electron chi connectivity index (χ3n) is 3.90. The predicted octanol–water partition coefficient (Wildman–Crippen LogP) is 0.104. The largest absolute Gasteiger partial charge is 0.288 e. The molecule has 7 heteroatoms. The van der Waals surface area contributed by atoms with Gasteiger partial charge in [-0.25, -0.2) is 0 Å². The molecule has 2 rings (SSSR count). The van der Waals surface area contributed by atoms with Crippen LogP contribution in [0.25, 0.3) is 0 Å². The first-order chi connectivity index (χ1) is 9.04. The molecular formula is C12H22N4O2S. The number of nitrogens with zero attached hydrogens (tertiary/aromatic N) is 4. The molecule has 2 saturated heterocycles. The second-order valence-corrected chi connectivity index (χ2v) is 7.37. The molecule has 0 aliphatic carbocycles. The van der Waals surface area contributed by atoms with Crippen LogP contribution in [0, 0.1) is 17.2 Å². The third kappa shape index (κ3) is 3.45. The first-order valence-electron chi connectivity index (χ1n) is 6.88. The topological polar surface area (TPSA) is 67.7 Å². The minimum atomic E-state index is -3.30. The molecule has 0 spiro atoms. The van der Waals surface area contributed by atoms with Gasteiger partial charge in [-0.15, -0.1) is 0 Å². The van der Waals surface area contributed by atoms with Gasteiger partial charge in [0.15, 0.2) is 0 Å². The van der Waals surface area contributed by atoms with E-state index in [2.05, 4.69) is 13.0 Å². The molecule has 108 valence electrons. The van der Waals surface area contributed by atoms with Crippen LogP contribution in [-0.4, -0.2) is 67.7 Å². The summed E-state index contributed by atoms with van der Waals surface area (Å²) in [7, 11) is -3.30. The molecule has 0 aromatic carbocycles. The highest BCUT2D eigenvalue weighted by molar-refractivity contribution is 7.86. The van der Waals surface area contributed by atoms with E-state index in [-0.39, 0.29) is 0 Å². The van der Waals surface area contributed by atoms with Crippen LogP contribution in [0.3, 0.4) is 0 Å². The van der Waals surface area contributed by atoms with Crippen molar-refractivity contribution in [2.45, 2.75) is 19.8 Å². The molecule has 19 heavy (non-hydrogen) atoms. The van der Waals surface area contributed by atoms with Crippen LogP contribution in [0.1, 0.15) is 19.8 Å². The normalized spacial score (nSPS) is 28.1. The Morgan fingerprint density at radius 3 is 2.42 bits per heavy atom. The van der Waals surface area contributed by atoms with Gasteiger partial charge >= 0.3 is 0 Å². The van der Waals surface area contributed by atoms with Crippen molar-refractivity contribution in [3.8, 4) is 6.07 Å². The van der Waals surface area contributed by atoms with Gasteiger partial charge in [-0.3, -0.25) is 4.90 Å². The van der Waals surface area contributed by atoms with Gasteiger partial charge in [0.1, 0.15) is 0 Å². The highest BCUT2D eigenvalue weighted by Gasteiger charge is 2.34. The monoisotopic (exact) mass is 286 g/mol. The summed E-state index contributed by atoms with van der Waals surface area (Å²) in [6, 6.07) is 2.11. The van der Waals surface area contributed by atoms with Crippen molar-refractivity contribution in [1.82, 2.24) is 13.5 Å². The van der Waals surface area contributed by atoms with Gasteiger partial charge in [0.2, 0.25) is 0 Å². The highest BCUT2D eigenvalue weighted by Crippen LogP contribution is 2.21. The summed E-state index contributed by atoms with van der Waals surface area (Å²) in [5, 5.41) is 8.65. The fraction of sp³-hybridized carbons (Fsp3) is 0.917. The highest BCUT2D eigenvalue weighted by atomic mass is 32.2. The lowest BCUT2D eigenvalue weighted by atomic mass is 10.0. The van der Waals surface area contributed by atoms with Crippen LogP contribution in [0.4, 0.5) is 0 Å². The number of hydrogen-bond donors (Lipinski definition) is 0. The second kappa shape index (κ2) is 6.18. The lowest BCUT2D eigenvalue weighted by molar-refractivity contribution is 0.189. The Hall–Kier alpha value is -0.680. The Bertz CT molecular complexity index is 437. The van der Waals surface area contributed by atoms with E-state index in [1.165, 1.54) is 0 Å². The summed E-state index contributed by atoms with van der Waals surface area (Å²) in [4.78, 5) is 1.99. The van der Waals surface area contributed by atoms with E-state index in [1.54, 1.807) is 8.61 Å². The minimum absolute atomic E-state index is 0.384. The first kappa shape index (κ1) is 14.7. The van der Waals surface area contributed by atoms with Crippen molar-refractivity contribution in [2.75, 3.05) is 45.8 Å². The zero-order valence-electron chi connectivity index (χ0n) is 11.5. The molecule has 0 N–H and O–H groups in total. The van der Waals surface area contributed by atoms with Crippen molar-refractivity contribution in [2.24, 2.45) is 5.92 Å². The van der Waals surface area contributed by atoms with E-state index in [4.69, 9.17) is 5.26 Å². The Kier molecular flexibility index (Phi) is 4.79. The molecule has 0 aromatic rings. The Balaban J connectivity index is 1.95. The second-order valence-electron chi connectivity index (χ2n) is 5.45. The van der Waals surface area contributed by atoms with Gasteiger partial charge in [0.25, 0.3) is 10.2 Å². The molecule has 2 aliphatic heterocycles. The quantitative estimate of drug-likeness (QED) is 0.690. The maximum Gasteiger partial charge on any atom is 0.282 e. The molecule has 1 atom stereocenters. The molecule has 1 unspecified atom stereocenters. The van der Waals surface area contributed by atoms with Crippen molar-refractivity contribution < 1.29 is 8.42 Å². The maximum absolute atomic E-state index is 12.5. The Morgan fingerprint density at radius 2 is 1.84 bits per heavy atom. The summed E-state index contributed by atoms with van der Waals surface area (Å²) in [6.07, 6.45) is 2.07. The molecule has 0 aromatic heterocycles. The summed E-state index contributed by atoms with van der Waals surface area (Å²) < 4.78 is 28.2. The number of rotatable bonds is 3. The Labute approximate surface area is 115 Å². The summed E-state index contributed by atoms with van der Waals surface area (Å²) in [6.45, 7) is 6.06. The minimum Gasteiger partial charge on any atom is -0.288 e. The zero-order valence-corrected chi connectivity index (χ0v) is 12.3. The van der Waals surface area contributed by atoms with Crippen molar-refractivity contribution in [1.29, 1.82) is 5.26 Å². The van der Waals surface area contributed by atoms with Gasteiger partial charge in [0.05, 0.1) is 12.6 Å². The van der Waals surface area contributed by atoms with Crippen molar-refractivity contribution >= 4 is 10.2 Å². The SMILES string of the molecule is CC1CCCN(S(=O)(=O)N2CCN(CC#N)CC2)C1. The maximum atomic E-state index is 12.5. The van der Waals surface area contributed by atoms with Gasteiger partial charge in [-0.05, 0) is 18.8 Å². The van der Waals surface area contributed by atoms with Crippen LogP contribution < -0.4 is 0 Å². The molecule has 0 radical (unpaired) electrons. The van der Waals surface area contributed by atoms with Gasteiger partial charge in [0, 0.05) is 39.3 Å². The molecular weight excluding hydrogens is 264 g/mol. The van der Waals surface area contributed by atoms with Crippen LogP contribution in [0.2, 0.25) is 0 Å². The average molecular weight is 286 g/mol. The molecule has 2 aliphatic rings. The van der Waals surface area contributed by atoms with E-state index in [1.807, 2.05) is 4.90 Å². The number of hydrogen-bond acceptors (Lipinski definition) is 4. The van der Waals surface area contributed by atoms with Crippen LogP contribution in [0.5, 0.6) is 0 Å². The van der Waals surface area contributed by atoms with Gasteiger partial charge < -0.3 is 0 Å². The molecule has 6 nitrogen and oxygen atoms in total. The lowest BCUT2D eigenvalue weighted by Crippen LogP contribution is -2.54. The standard InChI is InChI=1S/C12H22N4O2S/c1-12-3-2-5-16(11-12)19(17,18)15-9-7-14(6-4-13)8-10-15/h12H,2-3,5-11H2,1H3. The molecule has 2 heterocycles. The Morgan fingerprint density at radius 1 is 1.16 bits per heavy atom. The molecule has 0 bridgehead atoms. The van der Waals surface area contributed by atoms with E-state index in [0.717, 1.165) is 12.8 Å². The molecule has 2 fully saturated rings. The number of nitriles is 1. The van der Waals surface area contributed by atoms with Gasteiger partial charge in [-0.1, -0.05) is 6.92 Å². The van der Waals surface area contributed by atoms with Crippen molar-refractivity contribution in [3.05, 3.63) is 0 Å².